The summed E-state index contributed by atoms with van der Waals surface area (Å²) in [5.41, 5.74) is 0.654. The highest BCUT2D eigenvalue weighted by Gasteiger charge is 2.09. The first kappa shape index (κ1) is 10.8. The van der Waals surface area contributed by atoms with E-state index in [2.05, 4.69) is 20.4 Å². The molecule has 0 saturated heterocycles. The standard InChI is InChI=1S/C10H9ClN4O/c1-6-12-14-10(15-13-6)8-5-7(16-2)3-4-9(8)11/h3-5H,1-2H3. The fraction of sp³-hybridized carbons (Fsp3) is 0.200. The van der Waals surface area contributed by atoms with Crippen LogP contribution in [-0.2, 0) is 0 Å². The molecule has 0 aliphatic heterocycles. The van der Waals surface area contributed by atoms with Crippen molar-refractivity contribution in [2.24, 2.45) is 0 Å². The van der Waals surface area contributed by atoms with Crippen LogP contribution in [0.2, 0.25) is 5.02 Å². The van der Waals surface area contributed by atoms with Crippen molar-refractivity contribution in [3.8, 4) is 17.1 Å². The molecule has 1 aromatic heterocycles. The molecule has 0 aliphatic rings. The maximum absolute atomic E-state index is 6.04. The molecular weight excluding hydrogens is 228 g/mol. The number of ether oxygens (including phenoxy) is 1. The van der Waals surface area contributed by atoms with E-state index in [0.717, 1.165) is 0 Å². The summed E-state index contributed by atoms with van der Waals surface area (Å²) in [4.78, 5) is 0. The van der Waals surface area contributed by atoms with Gasteiger partial charge >= 0.3 is 0 Å². The number of halogens is 1. The lowest BCUT2D eigenvalue weighted by atomic mass is 10.2. The first-order valence-electron chi connectivity index (χ1n) is 4.58. The minimum atomic E-state index is 0.384. The van der Waals surface area contributed by atoms with Crippen molar-refractivity contribution in [2.75, 3.05) is 7.11 Å². The van der Waals surface area contributed by atoms with Gasteiger partial charge in [-0.25, -0.2) is 0 Å². The first-order valence-corrected chi connectivity index (χ1v) is 4.96. The summed E-state index contributed by atoms with van der Waals surface area (Å²) >= 11 is 6.04. The van der Waals surface area contributed by atoms with Crippen LogP contribution in [0.3, 0.4) is 0 Å². The molecule has 0 spiro atoms. The fourth-order valence-electron chi connectivity index (χ4n) is 1.19. The molecule has 0 unspecified atom stereocenters. The Morgan fingerprint density at radius 2 is 1.81 bits per heavy atom. The zero-order valence-electron chi connectivity index (χ0n) is 8.81. The molecule has 16 heavy (non-hydrogen) atoms. The van der Waals surface area contributed by atoms with Crippen LogP contribution in [0, 0.1) is 6.92 Å². The molecule has 0 saturated carbocycles. The Kier molecular flexibility index (Phi) is 2.96. The molecule has 1 heterocycles. The zero-order chi connectivity index (χ0) is 11.5. The summed E-state index contributed by atoms with van der Waals surface area (Å²) in [6.45, 7) is 1.72. The average Bonchev–Trinajstić information content (AvgIpc) is 2.31. The molecule has 2 aromatic rings. The Labute approximate surface area is 97.5 Å². The topological polar surface area (TPSA) is 60.8 Å². The van der Waals surface area contributed by atoms with Gasteiger partial charge < -0.3 is 4.74 Å². The third-order valence-corrected chi connectivity index (χ3v) is 2.32. The van der Waals surface area contributed by atoms with E-state index in [9.17, 15) is 0 Å². The minimum Gasteiger partial charge on any atom is -0.497 e. The number of nitrogens with zero attached hydrogens (tertiary/aromatic N) is 4. The summed E-state index contributed by atoms with van der Waals surface area (Å²) in [6, 6.07) is 5.23. The van der Waals surface area contributed by atoms with Gasteiger partial charge in [-0.3, -0.25) is 0 Å². The number of methoxy groups -OCH3 is 1. The van der Waals surface area contributed by atoms with Gasteiger partial charge in [0.05, 0.1) is 12.1 Å². The molecule has 0 aliphatic carbocycles. The van der Waals surface area contributed by atoms with Crippen molar-refractivity contribution in [1.29, 1.82) is 0 Å². The van der Waals surface area contributed by atoms with Gasteiger partial charge in [0.25, 0.3) is 0 Å². The predicted octanol–water partition coefficient (Wildman–Crippen LogP) is 1.90. The van der Waals surface area contributed by atoms with Crippen molar-refractivity contribution in [1.82, 2.24) is 20.4 Å². The molecule has 0 fully saturated rings. The quantitative estimate of drug-likeness (QED) is 0.797. The highest BCUT2D eigenvalue weighted by molar-refractivity contribution is 6.33. The number of hydrogen-bond acceptors (Lipinski definition) is 5. The molecule has 2 rings (SSSR count). The van der Waals surface area contributed by atoms with Gasteiger partial charge in [-0.1, -0.05) is 11.6 Å². The SMILES string of the molecule is COc1ccc(Cl)c(-c2nnc(C)nn2)c1. The van der Waals surface area contributed by atoms with Gasteiger partial charge in [-0.15, -0.1) is 20.4 Å². The fourth-order valence-corrected chi connectivity index (χ4v) is 1.39. The lowest BCUT2D eigenvalue weighted by molar-refractivity contribution is 0.415. The molecule has 0 N–H and O–H groups in total. The van der Waals surface area contributed by atoms with Gasteiger partial charge in [-0.2, -0.15) is 0 Å². The van der Waals surface area contributed by atoms with Crippen LogP contribution in [0.1, 0.15) is 5.82 Å². The van der Waals surface area contributed by atoms with E-state index >= 15 is 0 Å². The Morgan fingerprint density at radius 1 is 1.12 bits per heavy atom. The second kappa shape index (κ2) is 4.40. The highest BCUT2D eigenvalue weighted by Crippen LogP contribution is 2.28. The molecule has 0 radical (unpaired) electrons. The smallest absolute Gasteiger partial charge is 0.205 e. The van der Waals surface area contributed by atoms with Crippen LogP contribution in [0.15, 0.2) is 18.2 Å². The Hall–Kier alpha value is -1.75. The summed E-state index contributed by atoms with van der Waals surface area (Å²) < 4.78 is 5.10. The predicted molar refractivity (Wildman–Crippen MR) is 59.4 cm³/mol. The number of aromatic nitrogens is 4. The summed E-state index contributed by atoms with van der Waals surface area (Å²) in [5, 5.41) is 16.0. The molecule has 6 heteroatoms. The summed E-state index contributed by atoms with van der Waals surface area (Å²) in [6.07, 6.45) is 0. The highest BCUT2D eigenvalue weighted by atomic mass is 35.5. The van der Waals surface area contributed by atoms with Crippen LogP contribution in [0.5, 0.6) is 5.75 Å². The number of rotatable bonds is 2. The molecule has 0 atom stereocenters. The van der Waals surface area contributed by atoms with Crippen molar-refractivity contribution in [3.63, 3.8) is 0 Å². The van der Waals surface area contributed by atoms with Crippen molar-refractivity contribution < 1.29 is 4.74 Å². The second-order valence-corrected chi connectivity index (χ2v) is 3.52. The third kappa shape index (κ3) is 2.09. The molecule has 0 bridgehead atoms. The third-order valence-electron chi connectivity index (χ3n) is 1.99. The Balaban J connectivity index is 2.50. The van der Waals surface area contributed by atoms with Crippen molar-refractivity contribution in [2.45, 2.75) is 6.92 Å². The zero-order valence-corrected chi connectivity index (χ0v) is 9.56. The summed E-state index contributed by atoms with van der Waals surface area (Å²) in [5.74, 6) is 1.58. The van der Waals surface area contributed by atoms with E-state index in [0.29, 0.717) is 28.0 Å². The van der Waals surface area contributed by atoms with Gasteiger partial charge in [0.15, 0.2) is 5.82 Å². The van der Waals surface area contributed by atoms with Crippen LogP contribution >= 0.6 is 11.6 Å². The van der Waals surface area contributed by atoms with Crippen LogP contribution < -0.4 is 4.74 Å². The van der Waals surface area contributed by atoms with Crippen LogP contribution in [-0.4, -0.2) is 27.5 Å². The largest absolute Gasteiger partial charge is 0.497 e. The number of benzene rings is 1. The number of hydrogen-bond donors (Lipinski definition) is 0. The van der Waals surface area contributed by atoms with E-state index in [1.165, 1.54) is 0 Å². The lowest BCUT2D eigenvalue weighted by Crippen LogP contribution is -1.99. The van der Waals surface area contributed by atoms with E-state index in [1.807, 2.05) is 0 Å². The lowest BCUT2D eigenvalue weighted by Gasteiger charge is -2.04. The van der Waals surface area contributed by atoms with E-state index < -0.39 is 0 Å². The monoisotopic (exact) mass is 236 g/mol. The molecular formula is C10H9ClN4O. The Bertz CT molecular complexity index is 501. The van der Waals surface area contributed by atoms with Crippen LogP contribution in [0.25, 0.3) is 11.4 Å². The van der Waals surface area contributed by atoms with Gasteiger partial charge in [-0.05, 0) is 25.1 Å². The van der Waals surface area contributed by atoms with Gasteiger partial charge in [0.2, 0.25) is 5.82 Å². The van der Waals surface area contributed by atoms with Gasteiger partial charge in [0, 0.05) is 5.56 Å². The maximum atomic E-state index is 6.04. The number of aryl methyl sites for hydroxylation is 1. The molecule has 82 valence electrons. The second-order valence-electron chi connectivity index (χ2n) is 3.12. The molecule has 5 nitrogen and oxygen atoms in total. The van der Waals surface area contributed by atoms with Crippen LogP contribution in [0.4, 0.5) is 0 Å². The summed E-state index contributed by atoms with van der Waals surface area (Å²) in [7, 11) is 1.58. The van der Waals surface area contributed by atoms with E-state index in [1.54, 1.807) is 32.2 Å². The molecule has 0 amide bonds. The van der Waals surface area contributed by atoms with E-state index in [4.69, 9.17) is 16.3 Å². The maximum Gasteiger partial charge on any atom is 0.205 e. The normalized spacial score (nSPS) is 10.2. The van der Waals surface area contributed by atoms with E-state index in [-0.39, 0.29) is 0 Å². The Morgan fingerprint density at radius 3 is 2.44 bits per heavy atom. The van der Waals surface area contributed by atoms with Crippen molar-refractivity contribution in [3.05, 3.63) is 29.0 Å². The first-order chi connectivity index (χ1) is 7.70. The van der Waals surface area contributed by atoms with Gasteiger partial charge in [0.1, 0.15) is 5.75 Å². The minimum absolute atomic E-state index is 0.384. The molecule has 1 aromatic carbocycles. The average molecular weight is 237 g/mol. The van der Waals surface area contributed by atoms with Crippen molar-refractivity contribution >= 4 is 11.6 Å².